The molecule has 2 aliphatic rings. The van der Waals surface area contributed by atoms with Crippen LogP contribution in [0, 0.1) is 6.92 Å². The summed E-state index contributed by atoms with van der Waals surface area (Å²) in [5.41, 5.74) is 3.74. The molecule has 1 saturated heterocycles. The fourth-order valence-corrected chi connectivity index (χ4v) is 7.17. The summed E-state index contributed by atoms with van der Waals surface area (Å²) in [6.45, 7) is 8.97. The van der Waals surface area contributed by atoms with Crippen LogP contribution < -0.4 is 9.80 Å². The van der Waals surface area contributed by atoms with Crippen molar-refractivity contribution < 1.29 is 13.2 Å². The minimum Gasteiger partial charge on any atom is -0.366 e. The number of fused-ring (bicyclic) bond motifs is 1. The van der Waals surface area contributed by atoms with Crippen molar-refractivity contribution in [2.75, 3.05) is 29.4 Å². The predicted molar refractivity (Wildman–Crippen MR) is 127 cm³/mol. The maximum atomic E-state index is 13.8. The molecule has 4 rings (SSSR count). The van der Waals surface area contributed by atoms with Gasteiger partial charge in [0, 0.05) is 48.8 Å². The standard InChI is InChI=1S/C23H28BrN3O3S/c1-15-5-7-21(8-6-15)26-10-9-25(14-17(26)3)31(29,30)22-13-20(24)12-19-11-16(2)27(18(4)28)23(19)22/h5-8,12-13,16-17H,9-11,14H2,1-4H3/t16-,17-/m0/s1. The highest BCUT2D eigenvalue weighted by Crippen LogP contribution is 2.41. The van der Waals surface area contributed by atoms with Gasteiger partial charge in [0.1, 0.15) is 4.90 Å². The highest BCUT2D eigenvalue weighted by atomic mass is 79.9. The lowest BCUT2D eigenvalue weighted by atomic mass is 10.1. The van der Waals surface area contributed by atoms with E-state index in [0.29, 0.717) is 36.2 Å². The number of nitrogens with zero attached hydrogens (tertiary/aromatic N) is 3. The molecule has 2 heterocycles. The summed E-state index contributed by atoms with van der Waals surface area (Å²) >= 11 is 3.47. The zero-order chi connectivity index (χ0) is 22.5. The van der Waals surface area contributed by atoms with E-state index in [1.165, 1.54) is 12.5 Å². The monoisotopic (exact) mass is 505 g/mol. The molecule has 0 N–H and O–H groups in total. The summed E-state index contributed by atoms with van der Waals surface area (Å²) in [4.78, 5) is 16.4. The number of hydrogen-bond donors (Lipinski definition) is 0. The number of hydrogen-bond acceptors (Lipinski definition) is 4. The van der Waals surface area contributed by atoms with Crippen LogP contribution in [0.25, 0.3) is 0 Å². The van der Waals surface area contributed by atoms with Crippen molar-refractivity contribution >= 4 is 43.2 Å². The van der Waals surface area contributed by atoms with E-state index in [1.54, 1.807) is 15.3 Å². The largest absolute Gasteiger partial charge is 0.366 e. The van der Waals surface area contributed by atoms with Gasteiger partial charge in [-0.15, -0.1) is 0 Å². The Morgan fingerprint density at radius 3 is 2.35 bits per heavy atom. The number of benzene rings is 2. The first-order valence-electron chi connectivity index (χ1n) is 10.5. The van der Waals surface area contributed by atoms with Gasteiger partial charge in [-0.05, 0) is 57.0 Å². The van der Waals surface area contributed by atoms with Gasteiger partial charge in [0.15, 0.2) is 0 Å². The van der Waals surface area contributed by atoms with Crippen LogP contribution in [0.4, 0.5) is 11.4 Å². The third-order valence-electron chi connectivity index (χ3n) is 6.23. The van der Waals surface area contributed by atoms with E-state index < -0.39 is 10.0 Å². The number of anilines is 2. The Kier molecular flexibility index (Phi) is 5.91. The van der Waals surface area contributed by atoms with Gasteiger partial charge in [-0.25, -0.2) is 8.42 Å². The Bertz CT molecular complexity index is 1120. The Morgan fingerprint density at radius 1 is 1.06 bits per heavy atom. The van der Waals surface area contributed by atoms with Gasteiger partial charge < -0.3 is 9.80 Å². The van der Waals surface area contributed by atoms with Crippen molar-refractivity contribution in [3.8, 4) is 0 Å². The topological polar surface area (TPSA) is 60.9 Å². The maximum absolute atomic E-state index is 13.8. The summed E-state index contributed by atoms with van der Waals surface area (Å²) in [6.07, 6.45) is 0.647. The Hall–Kier alpha value is -1.90. The van der Waals surface area contributed by atoms with Crippen molar-refractivity contribution in [3.05, 3.63) is 52.0 Å². The molecule has 2 aromatic carbocycles. The SMILES string of the molecule is CC(=O)N1c2c(cc(Br)cc2S(=O)(=O)N2CCN(c3ccc(C)cc3)[C@@H](C)C2)C[C@@H]1C. The summed E-state index contributed by atoms with van der Waals surface area (Å²) in [5.74, 6) is -0.136. The van der Waals surface area contributed by atoms with Crippen LogP contribution in [0.15, 0.2) is 45.8 Å². The molecule has 1 amide bonds. The minimum absolute atomic E-state index is 0.0364. The van der Waals surface area contributed by atoms with E-state index in [2.05, 4.69) is 58.9 Å². The molecular formula is C23H28BrN3O3S. The third-order valence-corrected chi connectivity index (χ3v) is 8.56. The molecule has 2 aliphatic heterocycles. The Morgan fingerprint density at radius 2 is 1.74 bits per heavy atom. The lowest BCUT2D eigenvalue weighted by Crippen LogP contribution is -2.53. The van der Waals surface area contributed by atoms with Crippen molar-refractivity contribution in [2.24, 2.45) is 0 Å². The summed E-state index contributed by atoms with van der Waals surface area (Å²) in [5, 5.41) is 0. The van der Waals surface area contributed by atoms with Crippen molar-refractivity contribution in [1.82, 2.24) is 4.31 Å². The molecule has 0 spiro atoms. The first-order valence-corrected chi connectivity index (χ1v) is 12.8. The second-order valence-electron chi connectivity index (χ2n) is 8.59. The van der Waals surface area contributed by atoms with Gasteiger partial charge in [-0.2, -0.15) is 4.31 Å². The predicted octanol–water partition coefficient (Wildman–Crippen LogP) is 3.95. The quantitative estimate of drug-likeness (QED) is 0.633. The average Bonchev–Trinajstić information content (AvgIpc) is 3.03. The van der Waals surface area contributed by atoms with Gasteiger partial charge in [0.25, 0.3) is 0 Å². The zero-order valence-corrected chi connectivity index (χ0v) is 20.7. The summed E-state index contributed by atoms with van der Waals surface area (Å²) < 4.78 is 29.8. The van der Waals surface area contributed by atoms with E-state index in [4.69, 9.17) is 0 Å². The molecule has 0 aliphatic carbocycles. The van der Waals surface area contributed by atoms with Crippen LogP contribution in [0.1, 0.15) is 31.9 Å². The fourth-order valence-electron chi connectivity index (χ4n) is 4.75. The number of aryl methyl sites for hydroxylation is 1. The molecule has 0 unspecified atom stereocenters. The van der Waals surface area contributed by atoms with Crippen LogP contribution in [0.3, 0.4) is 0 Å². The van der Waals surface area contributed by atoms with E-state index in [1.807, 2.05) is 13.0 Å². The van der Waals surface area contributed by atoms with Crippen LogP contribution in [0.2, 0.25) is 0 Å². The fraction of sp³-hybridized carbons (Fsp3) is 0.435. The van der Waals surface area contributed by atoms with Crippen LogP contribution in [0.5, 0.6) is 0 Å². The minimum atomic E-state index is -3.76. The second kappa shape index (κ2) is 8.22. The zero-order valence-electron chi connectivity index (χ0n) is 18.3. The molecule has 166 valence electrons. The second-order valence-corrected chi connectivity index (χ2v) is 11.4. The molecule has 2 aromatic rings. The molecule has 0 aromatic heterocycles. The lowest BCUT2D eigenvalue weighted by Gasteiger charge is -2.41. The molecule has 6 nitrogen and oxygen atoms in total. The number of piperazine rings is 1. The van der Waals surface area contributed by atoms with Crippen molar-refractivity contribution in [3.63, 3.8) is 0 Å². The molecular weight excluding hydrogens is 478 g/mol. The Balaban J connectivity index is 1.66. The van der Waals surface area contributed by atoms with E-state index >= 15 is 0 Å². The van der Waals surface area contributed by atoms with Crippen LogP contribution in [-0.4, -0.2) is 50.3 Å². The molecule has 1 fully saturated rings. The number of halogens is 1. The normalized spacial score (nSPS) is 22.0. The van der Waals surface area contributed by atoms with Gasteiger partial charge in [-0.3, -0.25) is 4.79 Å². The van der Waals surface area contributed by atoms with Crippen molar-refractivity contribution in [1.29, 1.82) is 0 Å². The Labute approximate surface area is 193 Å². The molecule has 0 radical (unpaired) electrons. The first kappa shape index (κ1) is 22.3. The highest BCUT2D eigenvalue weighted by molar-refractivity contribution is 9.10. The summed E-state index contributed by atoms with van der Waals surface area (Å²) in [6, 6.07) is 11.9. The number of rotatable bonds is 3. The number of carbonyl (C=O) groups excluding carboxylic acids is 1. The molecule has 31 heavy (non-hydrogen) atoms. The van der Waals surface area contributed by atoms with E-state index in [9.17, 15) is 13.2 Å². The first-order chi connectivity index (χ1) is 14.6. The lowest BCUT2D eigenvalue weighted by molar-refractivity contribution is -0.116. The van der Waals surface area contributed by atoms with Gasteiger partial charge in [0.2, 0.25) is 15.9 Å². The number of sulfonamides is 1. The molecule has 0 bridgehead atoms. The van der Waals surface area contributed by atoms with Gasteiger partial charge >= 0.3 is 0 Å². The smallest absolute Gasteiger partial charge is 0.245 e. The number of carbonyl (C=O) groups is 1. The summed E-state index contributed by atoms with van der Waals surface area (Å²) in [7, 11) is -3.76. The van der Waals surface area contributed by atoms with E-state index in [-0.39, 0.29) is 22.9 Å². The van der Waals surface area contributed by atoms with Crippen LogP contribution in [-0.2, 0) is 21.2 Å². The van der Waals surface area contributed by atoms with Gasteiger partial charge in [-0.1, -0.05) is 33.6 Å². The maximum Gasteiger partial charge on any atom is 0.245 e. The molecule has 8 heteroatoms. The molecule has 0 saturated carbocycles. The van der Waals surface area contributed by atoms with E-state index in [0.717, 1.165) is 11.3 Å². The third kappa shape index (κ3) is 4.01. The molecule has 2 atom stereocenters. The van der Waals surface area contributed by atoms with Gasteiger partial charge in [0.05, 0.1) is 5.69 Å². The van der Waals surface area contributed by atoms with Crippen LogP contribution >= 0.6 is 15.9 Å². The van der Waals surface area contributed by atoms with Crippen molar-refractivity contribution in [2.45, 2.75) is 51.1 Å². The highest BCUT2D eigenvalue weighted by Gasteiger charge is 2.39. The average molecular weight is 506 g/mol. The number of amides is 1.